The highest BCUT2D eigenvalue weighted by Crippen LogP contribution is 2.40. The highest BCUT2D eigenvalue weighted by molar-refractivity contribution is 6.09. The van der Waals surface area contributed by atoms with Crippen LogP contribution in [0.3, 0.4) is 0 Å². The molecule has 0 saturated carbocycles. The lowest BCUT2D eigenvalue weighted by molar-refractivity contribution is -0.307. The van der Waals surface area contributed by atoms with Gasteiger partial charge in [-0.3, -0.25) is 4.79 Å². The quantitative estimate of drug-likeness (QED) is 0.0894. The zero-order valence-electron chi connectivity index (χ0n) is 22.1. The molecule has 0 spiro atoms. The van der Waals surface area contributed by atoms with Crippen molar-refractivity contribution in [2.75, 3.05) is 20.3 Å². The molecule has 0 aromatic heterocycles. The van der Waals surface area contributed by atoms with Gasteiger partial charge in [0.2, 0.25) is 12.0 Å². The number of allylic oxidation sites excluding steroid dienone is 1. The minimum atomic E-state index is -1.84. The van der Waals surface area contributed by atoms with Gasteiger partial charge in [0.25, 0.3) is 0 Å². The van der Waals surface area contributed by atoms with Gasteiger partial charge in [0, 0.05) is 0 Å². The molecule has 9 atom stereocenters. The summed E-state index contributed by atoms with van der Waals surface area (Å²) in [6, 6.07) is 6.66. The third-order valence-electron chi connectivity index (χ3n) is 6.80. The topological polar surface area (TPSA) is 245 Å². The Kier molecular flexibility index (Phi) is 9.88. The number of carbonyl (C=O) groups excluding carboxylic acids is 1. The van der Waals surface area contributed by atoms with Gasteiger partial charge in [-0.25, -0.2) is 0 Å². The van der Waals surface area contributed by atoms with Gasteiger partial charge in [0.1, 0.15) is 42.7 Å². The summed E-state index contributed by atoms with van der Waals surface area (Å²) in [5.74, 6) is -2.79. The van der Waals surface area contributed by atoms with Crippen molar-refractivity contribution in [1.82, 2.24) is 0 Å². The molecule has 2 heterocycles. The van der Waals surface area contributed by atoms with Gasteiger partial charge >= 0.3 is 0 Å². The first-order chi connectivity index (χ1) is 19.9. The number of phenolic OH excluding ortho intramolecular Hbond substituents is 3. The van der Waals surface area contributed by atoms with E-state index in [1.807, 2.05) is 0 Å². The number of carbonyl (C=O) groups is 1. The Morgan fingerprint density at radius 2 is 1.57 bits per heavy atom. The van der Waals surface area contributed by atoms with Crippen LogP contribution >= 0.6 is 0 Å². The first kappa shape index (κ1) is 31.4. The van der Waals surface area contributed by atoms with Crippen molar-refractivity contribution in [2.45, 2.75) is 55.3 Å². The van der Waals surface area contributed by atoms with E-state index in [9.17, 15) is 50.8 Å². The number of aliphatic hydroxyl groups excluding tert-OH is 6. The number of ketones is 1. The van der Waals surface area contributed by atoms with Gasteiger partial charge in [-0.15, -0.1) is 0 Å². The highest BCUT2D eigenvalue weighted by atomic mass is 16.7. The number of ether oxygens (including phenoxy) is 5. The molecule has 2 aliphatic heterocycles. The summed E-state index contributed by atoms with van der Waals surface area (Å²) in [6.45, 7) is -0.871. The number of aromatic hydroxyl groups is 3. The van der Waals surface area contributed by atoms with Gasteiger partial charge in [0.05, 0.1) is 25.9 Å². The molecule has 15 nitrogen and oxygen atoms in total. The molecule has 9 unspecified atom stereocenters. The van der Waals surface area contributed by atoms with Crippen molar-refractivity contribution >= 4 is 11.9 Å². The van der Waals surface area contributed by atoms with Crippen molar-refractivity contribution < 1.29 is 74.4 Å². The van der Waals surface area contributed by atoms with Crippen LogP contribution in [-0.4, -0.2) is 127 Å². The maximum Gasteiger partial charge on any atom is 0.229 e. The SMILES string of the molecule is COc1ccc(C=CC(=O)c2ccc(OC3OC(COC4OCC(O)C(O)C4O)C(O)C(O)C3O)c(O)c2O)cc1O. The predicted octanol–water partition coefficient (Wildman–Crippen LogP) is -1.65. The maximum absolute atomic E-state index is 12.7. The largest absolute Gasteiger partial charge is 0.504 e. The van der Waals surface area contributed by atoms with Crippen LogP contribution in [0.5, 0.6) is 28.7 Å². The molecule has 0 amide bonds. The summed E-state index contributed by atoms with van der Waals surface area (Å²) in [5.41, 5.74) is 0.144. The average molecular weight is 597 g/mol. The van der Waals surface area contributed by atoms with Crippen LogP contribution in [0.4, 0.5) is 0 Å². The highest BCUT2D eigenvalue weighted by Gasteiger charge is 2.46. The fraction of sp³-hybridized carbons (Fsp3) is 0.444. The Hall–Kier alpha value is -3.51. The molecule has 2 aromatic carbocycles. The molecular formula is C27H32O15. The van der Waals surface area contributed by atoms with Crippen LogP contribution in [0.15, 0.2) is 36.4 Å². The van der Waals surface area contributed by atoms with Crippen LogP contribution < -0.4 is 9.47 Å². The number of rotatable bonds is 9. The lowest BCUT2D eigenvalue weighted by Gasteiger charge is -2.41. The van der Waals surface area contributed by atoms with E-state index in [1.54, 1.807) is 6.07 Å². The monoisotopic (exact) mass is 596 g/mol. The van der Waals surface area contributed by atoms with E-state index in [4.69, 9.17) is 23.7 Å². The maximum atomic E-state index is 12.7. The van der Waals surface area contributed by atoms with E-state index >= 15 is 0 Å². The molecule has 0 bridgehead atoms. The van der Waals surface area contributed by atoms with Crippen molar-refractivity contribution in [3.8, 4) is 28.7 Å². The van der Waals surface area contributed by atoms with Crippen LogP contribution in [0.1, 0.15) is 15.9 Å². The predicted molar refractivity (Wildman–Crippen MR) is 139 cm³/mol. The van der Waals surface area contributed by atoms with Gasteiger partial charge in [0.15, 0.2) is 35.1 Å². The van der Waals surface area contributed by atoms with Gasteiger partial charge in [-0.05, 0) is 35.9 Å². The van der Waals surface area contributed by atoms with Crippen molar-refractivity contribution in [3.63, 3.8) is 0 Å². The molecule has 0 radical (unpaired) electrons. The second kappa shape index (κ2) is 13.2. The summed E-state index contributed by atoms with van der Waals surface area (Å²) >= 11 is 0. The molecule has 4 rings (SSSR count). The number of hydrogen-bond acceptors (Lipinski definition) is 15. The number of aliphatic hydroxyl groups is 6. The Morgan fingerprint density at radius 1 is 0.881 bits per heavy atom. The summed E-state index contributed by atoms with van der Waals surface area (Å²) in [6.07, 6.45) is -11.9. The van der Waals surface area contributed by atoms with Crippen molar-refractivity contribution in [3.05, 3.63) is 47.5 Å². The lowest BCUT2D eigenvalue weighted by Crippen LogP contribution is -2.61. The number of benzene rings is 2. The summed E-state index contributed by atoms with van der Waals surface area (Å²) in [5, 5.41) is 91.2. The summed E-state index contributed by atoms with van der Waals surface area (Å²) in [7, 11) is 1.38. The summed E-state index contributed by atoms with van der Waals surface area (Å²) < 4.78 is 26.3. The fourth-order valence-corrected chi connectivity index (χ4v) is 4.32. The smallest absolute Gasteiger partial charge is 0.229 e. The Morgan fingerprint density at radius 3 is 2.26 bits per heavy atom. The molecule has 2 aliphatic rings. The normalized spacial score (nSPS) is 31.6. The molecular weight excluding hydrogens is 564 g/mol. The fourth-order valence-electron chi connectivity index (χ4n) is 4.32. The minimum absolute atomic E-state index is 0.147. The van der Waals surface area contributed by atoms with Crippen LogP contribution in [0.2, 0.25) is 0 Å². The zero-order valence-corrected chi connectivity index (χ0v) is 22.1. The molecule has 230 valence electrons. The van der Waals surface area contributed by atoms with E-state index in [2.05, 4.69) is 0 Å². The van der Waals surface area contributed by atoms with Crippen molar-refractivity contribution in [2.24, 2.45) is 0 Å². The third-order valence-corrected chi connectivity index (χ3v) is 6.80. The molecule has 0 aliphatic carbocycles. The second-order valence-electron chi connectivity index (χ2n) is 9.65. The van der Waals surface area contributed by atoms with Gasteiger partial charge in [-0.2, -0.15) is 0 Å². The van der Waals surface area contributed by atoms with E-state index in [1.165, 1.54) is 25.3 Å². The molecule has 2 aromatic rings. The molecule has 42 heavy (non-hydrogen) atoms. The number of hydrogen-bond donors (Lipinski definition) is 9. The number of phenols is 3. The van der Waals surface area contributed by atoms with Gasteiger partial charge < -0.3 is 69.6 Å². The van der Waals surface area contributed by atoms with E-state index in [0.29, 0.717) is 5.56 Å². The average Bonchev–Trinajstić information content (AvgIpc) is 2.97. The minimum Gasteiger partial charge on any atom is -0.504 e. The summed E-state index contributed by atoms with van der Waals surface area (Å²) in [4.78, 5) is 12.7. The molecule has 9 N–H and O–H groups in total. The van der Waals surface area contributed by atoms with Crippen LogP contribution in [0, 0.1) is 0 Å². The Labute approximate surface area is 238 Å². The van der Waals surface area contributed by atoms with Crippen molar-refractivity contribution in [1.29, 1.82) is 0 Å². The standard InChI is InChI=1S/C27H32O15/c1-38-16-6-3-11(8-14(16)29)2-5-13(28)12-4-7-17(21(33)19(12)31)41-27-25(37)23(35)22(34)18(42-27)10-40-26-24(36)20(32)15(30)9-39-26/h2-8,15,18,20,22-27,29-37H,9-10H2,1H3. The number of methoxy groups -OCH3 is 1. The van der Waals surface area contributed by atoms with E-state index in [0.717, 1.165) is 18.2 Å². The van der Waals surface area contributed by atoms with E-state index in [-0.39, 0.29) is 23.7 Å². The first-order valence-electron chi connectivity index (χ1n) is 12.7. The molecule has 2 saturated heterocycles. The molecule has 2 fully saturated rings. The zero-order chi connectivity index (χ0) is 30.7. The second-order valence-corrected chi connectivity index (χ2v) is 9.65. The Bertz CT molecular complexity index is 1280. The van der Waals surface area contributed by atoms with Crippen LogP contribution in [-0.2, 0) is 14.2 Å². The lowest BCUT2D eigenvalue weighted by atomic mass is 9.99. The first-order valence-corrected chi connectivity index (χ1v) is 12.7. The Balaban J connectivity index is 1.43. The van der Waals surface area contributed by atoms with E-state index < -0.39 is 84.9 Å². The third kappa shape index (κ3) is 6.59. The van der Waals surface area contributed by atoms with Crippen LogP contribution in [0.25, 0.3) is 6.08 Å². The molecule has 15 heteroatoms. The van der Waals surface area contributed by atoms with Gasteiger partial charge in [-0.1, -0.05) is 12.1 Å².